The summed E-state index contributed by atoms with van der Waals surface area (Å²) in [7, 11) is 1.63. The van der Waals surface area contributed by atoms with E-state index in [1.165, 1.54) is 4.90 Å². The number of amides is 2. The summed E-state index contributed by atoms with van der Waals surface area (Å²) < 4.78 is 5.11. The molecule has 0 aliphatic carbocycles. The maximum absolute atomic E-state index is 12.1. The highest BCUT2D eigenvalue weighted by Crippen LogP contribution is 2.19. The smallest absolute Gasteiger partial charge is 0.332 e. The molecule has 0 radical (unpaired) electrons. The molecule has 1 saturated heterocycles. The highest BCUT2D eigenvalue weighted by molar-refractivity contribution is 5.86. The van der Waals surface area contributed by atoms with Gasteiger partial charge >= 0.3 is 12.0 Å². The van der Waals surface area contributed by atoms with Crippen LogP contribution in [0.1, 0.15) is 12.0 Å². The van der Waals surface area contributed by atoms with Crippen LogP contribution in [0.15, 0.2) is 30.3 Å². The third-order valence-corrected chi connectivity index (χ3v) is 3.39. The van der Waals surface area contributed by atoms with Crippen LogP contribution in [-0.4, -0.2) is 47.8 Å². The summed E-state index contributed by atoms with van der Waals surface area (Å²) in [6, 6.07) is 9.10. The number of carboxylic acids is 1. The zero-order valence-corrected chi connectivity index (χ0v) is 11.3. The van der Waals surface area contributed by atoms with Crippen molar-refractivity contribution >= 4 is 12.0 Å². The van der Waals surface area contributed by atoms with Crippen LogP contribution in [0.3, 0.4) is 0 Å². The van der Waals surface area contributed by atoms with Gasteiger partial charge in [0.15, 0.2) is 5.54 Å². The number of rotatable bonds is 4. The molecule has 6 nitrogen and oxygen atoms in total. The Morgan fingerprint density at radius 1 is 1.40 bits per heavy atom. The molecule has 0 aromatic heterocycles. The Bertz CT molecular complexity index is 483. The lowest BCUT2D eigenvalue weighted by molar-refractivity contribution is -0.144. The zero-order chi connectivity index (χ0) is 14.6. The van der Waals surface area contributed by atoms with Crippen LogP contribution in [0.25, 0.3) is 0 Å². The average molecular weight is 278 g/mol. The number of nitrogens with one attached hydrogen (secondary N) is 1. The molecular formula is C14H18N2O4. The van der Waals surface area contributed by atoms with E-state index in [1.54, 1.807) is 7.05 Å². The normalized spacial score (nSPS) is 21.4. The highest BCUT2D eigenvalue weighted by Gasteiger charge is 2.44. The average Bonchev–Trinajstić information content (AvgIpc) is 2.89. The molecule has 6 heteroatoms. The maximum atomic E-state index is 12.1. The van der Waals surface area contributed by atoms with Gasteiger partial charge in [-0.2, -0.15) is 0 Å². The fourth-order valence-electron chi connectivity index (χ4n) is 2.11. The monoisotopic (exact) mass is 278 g/mol. The summed E-state index contributed by atoms with van der Waals surface area (Å²) in [5.41, 5.74) is -0.320. The molecule has 1 atom stereocenters. The second kappa shape index (κ2) is 5.92. The number of carboxylic acid groups (broad SMARTS) is 1. The van der Waals surface area contributed by atoms with Gasteiger partial charge < -0.3 is 20.1 Å². The zero-order valence-electron chi connectivity index (χ0n) is 11.3. The van der Waals surface area contributed by atoms with Crippen LogP contribution in [-0.2, 0) is 16.1 Å². The molecule has 1 aromatic carbocycles. The van der Waals surface area contributed by atoms with Gasteiger partial charge in [0.1, 0.15) is 0 Å². The van der Waals surface area contributed by atoms with E-state index in [-0.39, 0.29) is 13.0 Å². The topological polar surface area (TPSA) is 78.9 Å². The first kappa shape index (κ1) is 14.3. The van der Waals surface area contributed by atoms with E-state index in [1.807, 2.05) is 30.3 Å². The Morgan fingerprint density at radius 2 is 2.10 bits per heavy atom. The molecular weight excluding hydrogens is 260 g/mol. The van der Waals surface area contributed by atoms with E-state index in [0.717, 1.165) is 5.56 Å². The summed E-state index contributed by atoms with van der Waals surface area (Å²) in [5, 5.41) is 11.8. The standard InChI is InChI=1S/C14H18N2O4/c1-16(9-11-5-3-2-4-6-11)13(19)15-14(12(17)18)7-8-20-10-14/h2-6H,7-10H2,1H3,(H,15,19)(H,17,18). The number of benzene rings is 1. The Labute approximate surface area is 117 Å². The van der Waals surface area contributed by atoms with Gasteiger partial charge in [-0.3, -0.25) is 0 Å². The van der Waals surface area contributed by atoms with Crippen molar-refractivity contribution in [3.63, 3.8) is 0 Å². The lowest BCUT2D eigenvalue weighted by atomic mass is 9.99. The second-order valence-corrected chi connectivity index (χ2v) is 4.96. The summed E-state index contributed by atoms with van der Waals surface area (Å²) in [6.07, 6.45) is 0.285. The molecule has 108 valence electrons. The quantitative estimate of drug-likeness (QED) is 0.863. The molecule has 1 aliphatic heterocycles. The molecule has 1 unspecified atom stereocenters. The molecule has 0 saturated carbocycles. The number of aliphatic carboxylic acids is 1. The number of nitrogens with zero attached hydrogens (tertiary/aromatic N) is 1. The van der Waals surface area contributed by atoms with Crippen molar-refractivity contribution < 1.29 is 19.4 Å². The molecule has 2 rings (SSSR count). The van der Waals surface area contributed by atoms with Crippen LogP contribution < -0.4 is 5.32 Å². The Balaban J connectivity index is 1.98. The van der Waals surface area contributed by atoms with Gasteiger partial charge in [-0.25, -0.2) is 9.59 Å². The number of carbonyl (C=O) groups excluding carboxylic acids is 1. The van der Waals surface area contributed by atoms with Crippen molar-refractivity contribution in [1.29, 1.82) is 0 Å². The maximum Gasteiger partial charge on any atom is 0.332 e. The lowest BCUT2D eigenvalue weighted by Crippen LogP contribution is -2.57. The fourth-order valence-corrected chi connectivity index (χ4v) is 2.11. The van der Waals surface area contributed by atoms with Crippen molar-refractivity contribution in [3.8, 4) is 0 Å². The molecule has 1 fully saturated rings. The predicted molar refractivity (Wildman–Crippen MR) is 72.2 cm³/mol. The van der Waals surface area contributed by atoms with E-state index < -0.39 is 17.5 Å². The minimum Gasteiger partial charge on any atom is -0.479 e. The van der Waals surface area contributed by atoms with Gasteiger partial charge in [0.05, 0.1) is 6.61 Å². The Hall–Kier alpha value is -2.08. The molecule has 1 heterocycles. The van der Waals surface area contributed by atoms with Crippen molar-refractivity contribution in [2.24, 2.45) is 0 Å². The summed E-state index contributed by atoms with van der Waals surface area (Å²) in [4.78, 5) is 24.9. The summed E-state index contributed by atoms with van der Waals surface area (Å²) >= 11 is 0. The number of carbonyl (C=O) groups is 2. The van der Waals surface area contributed by atoms with Crippen LogP contribution in [0, 0.1) is 0 Å². The fraction of sp³-hybridized carbons (Fsp3) is 0.429. The van der Waals surface area contributed by atoms with Crippen LogP contribution in [0.4, 0.5) is 4.79 Å². The van der Waals surface area contributed by atoms with Crippen LogP contribution in [0.2, 0.25) is 0 Å². The van der Waals surface area contributed by atoms with E-state index in [9.17, 15) is 14.7 Å². The van der Waals surface area contributed by atoms with Gasteiger partial charge in [0.25, 0.3) is 0 Å². The van der Waals surface area contributed by atoms with Crippen molar-refractivity contribution in [3.05, 3.63) is 35.9 Å². The molecule has 2 amide bonds. The number of urea groups is 1. The molecule has 0 spiro atoms. The Kier molecular flexibility index (Phi) is 4.24. The van der Waals surface area contributed by atoms with Crippen molar-refractivity contribution in [2.75, 3.05) is 20.3 Å². The van der Waals surface area contributed by atoms with Crippen molar-refractivity contribution in [1.82, 2.24) is 10.2 Å². The Morgan fingerprint density at radius 3 is 2.65 bits per heavy atom. The third kappa shape index (κ3) is 3.08. The predicted octanol–water partition coefficient (Wildman–Crippen LogP) is 1.07. The van der Waals surface area contributed by atoms with Gasteiger partial charge in [0, 0.05) is 26.6 Å². The summed E-state index contributed by atoms with van der Waals surface area (Å²) in [6.45, 7) is 0.769. The van der Waals surface area contributed by atoms with E-state index >= 15 is 0 Å². The number of ether oxygens (including phenoxy) is 1. The number of hydrogen-bond acceptors (Lipinski definition) is 3. The molecule has 1 aromatic rings. The lowest BCUT2D eigenvalue weighted by Gasteiger charge is -2.27. The number of hydrogen-bond donors (Lipinski definition) is 2. The molecule has 0 bridgehead atoms. The molecule has 1 aliphatic rings. The molecule has 2 N–H and O–H groups in total. The minimum atomic E-state index is -1.30. The first-order chi connectivity index (χ1) is 9.53. The van der Waals surface area contributed by atoms with Gasteiger partial charge in [0.2, 0.25) is 0 Å². The largest absolute Gasteiger partial charge is 0.479 e. The van der Waals surface area contributed by atoms with E-state index in [2.05, 4.69) is 5.32 Å². The van der Waals surface area contributed by atoms with Crippen LogP contribution >= 0.6 is 0 Å². The first-order valence-corrected chi connectivity index (χ1v) is 6.42. The first-order valence-electron chi connectivity index (χ1n) is 6.42. The van der Waals surface area contributed by atoms with Crippen LogP contribution in [0.5, 0.6) is 0 Å². The van der Waals surface area contributed by atoms with Gasteiger partial charge in [-0.15, -0.1) is 0 Å². The second-order valence-electron chi connectivity index (χ2n) is 4.96. The SMILES string of the molecule is CN(Cc1ccccc1)C(=O)NC1(C(=O)O)CCOC1. The van der Waals surface area contributed by atoms with Gasteiger partial charge in [-0.1, -0.05) is 30.3 Å². The van der Waals surface area contributed by atoms with E-state index in [4.69, 9.17) is 4.74 Å². The minimum absolute atomic E-state index is 0.00719. The summed E-state index contributed by atoms with van der Waals surface area (Å²) in [5.74, 6) is -1.06. The van der Waals surface area contributed by atoms with Crippen molar-refractivity contribution in [2.45, 2.75) is 18.5 Å². The van der Waals surface area contributed by atoms with Gasteiger partial charge in [-0.05, 0) is 5.56 Å². The molecule has 20 heavy (non-hydrogen) atoms. The third-order valence-electron chi connectivity index (χ3n) is 3.39. The highest BCUT2D eigenvalue weighted by atomic mass is 16.5. The van der Waals surface area contributed by atoms with E-state index in [0.29, 0.717) is 13.2 Å².